The Morgan fingerprint density at radius 3 is 2.52 bits per heavy atom. The lowest BCUT2D eigenvalue weighted by molar-refractivity contribution is -0.272. The van der Waals surface area contributed by atoms with Crippen LogP contribution >= 0.6 is 0 Å². The van der Waals surface area contributed by atoms with E-state index in [1.807, 2.05) is 18.7 Å². The Hall–Kier alpha value is -1.40. The highest BCUT2D eigenvalue weighted by molar-refractivity contribution is 5.77. The zero-order chi connectivity index (χ0) is 29.9. The van der Waals surface area contributed by atoms with E-state index < -0.39 is 0 Å². The van der Waals surface area contributed by atoms with Gasteiger partial charge in [0.2, 0.25) is 5.91 Å². The minimum Gasteiger partial charge on any atom is -0.462 e. The normalized spacial score (nSPS) is 45.8. The molecule has 0 aromatic heterocycles. The molecule has 6 rings (SSSR count). The molecule has 0 unspecified atom stereocenters. The van der Waals surface area contributed by atoms with Crippen molar-refractivity contribution in [1.82, 2.24) is 4.90 Å². The van der Waals surface area contributed by atoms with Crippen LogP contribution in [0.15, 0.2) is 11.6 Å². The molecule has 0 bridgehead atoms. The van der Waals surface area contributed by atoms with E-state index >= 15 is 0 Å². The second-order valence-electron chi connectivity index (χ2n) is 15.6. The Labute approximate surface area is 254 Å². The highest BCUT2D eigenvalue weighted by atomic mass is 16.7. The predicted molar refractivity (Wildman–Crippen MR) is 163 cm³/mol. The van der Waals surface area contributed by atoms with Gasteiger partial charge in [0, 0.05) is 44.7 Å². The number of hydrogen-bond acceptors (Lipinski definition) is 5. The Kier molecular flexibility index (Phi) is 8.39. The van der Waals surface area contributed by atoms with Crippen LogP contribution in [0.4, 0.5) is 0 Å². The van der Waals surface area contributed by atoms with E-state index in [4.69, 9.17) is 14.2 Å². The summed E-state index contributed by atoms with van der Waals surface area (Å²) in [5.41, 5.74) is 2.10. The minimum atomic E-state index is -0.338. The van der Waals surface area contributed by atoms with Gasteiger partial charge in [0.15, 0.2) is 5.79 Å². The molecule has 236 valence electrons. The molecule has 6 heteroatoms. The standard InChI is InChI=1S/C36H57NO5/c1-7-37(8-2)31(38)10-9-11-32(39)41-26-15-17-34(5)25(20-26)12-13-27-28(34)16-18-35(6)29(27)21-30-33(35)24(4)36(42-30)19-14-23(3)22-40-36/h12,23-24,26-30,33H,7-11,13-22H2,1-6H3/t23-,24+,26+,27-,28+,29+,30+,33+,34+,35+,36-/m1/s1. The fraction of sp³-hybridized carbons (Fsp3) is 0.889. The van der Waals surface area contributed by atoms with Gasteiger partial charge in [0.25, 0.3) is 0 Å². The fourth-order valence-electron chi connectivity index (χ4n) is 11.1. The molecule has 6 aliphatic rings. The van der Waals surface area contributed by atoms with Gasteiger partial charge in [-0.05, 0) is 106 Å². The van der Waals surface area contributed by atoms with Crippen molar-refractivity contribution in [1.29, 1.82) is 0 Å². The molecule has 42 heavy (non-hydrogen) atoms. The number of carbonyl (C=O) groups excluding carboxylic acids is 2. The quantitative estimate of drug-likeness (QED) is 0.232. The third kappa shape index (κ3) is 4.99. The lowest BCUT2D eigenvalue weighted by atomic mass is 9.47. The number of hydrogen-bond donors (Lipinski definition) is 0. The molecule has 0 N–H and O–H groups in total. The molecule has 3 saturated carbocycles. The van der Waals surface area contributed by atoms with E-state index in [0.717, 1.165) is 63.6 Å². The van der Waals surface area contributed by atoms with Gasteiger partial charge in [-0.3, -0.25) is 9.59 Å². The number of ether oxygens (including phenoxy) is 3. The van der Waals surface area contributed by atoms with E-state index in [1.165, 1.54) is 25.7 Å². The maximum absolute atomic E-state index is 12.7. The van der Waals surface area contributed by atoms with Gasteiger partial charge < -0.3 is 19.1 Å². The van der Waals surface area contributed by atoms with Crippen LogP contribution < -0.4 is 0 Å². The van der Waals surface area contributed by atoms with Crippen LogP contribution in [0.25, 0.3) is 0 Å². The molecule has 0 aromatic carbocycles. The summed E-state index contributed by atoms with van der Waals surface area (Å²) in [6, 6.07) is 0. The van der Waals surface area contributed by atoms with E-state index in [9.17, 15) is 9.59 Å². The zero-order valence-corrected chi connectivity index (χ0v) is 27.3. The number of allylic oxidation sites excluding steroid dienone is 1. The smallest absolute Gasteiger partial charge is 0.306 e. The first-order valence-corrected chi connectivity index (χ1v) is 17.5. The summed E-state index contributed by atoms with van der Waals surface area (Å²) in [6.07, 6.45) is 14.4. The topological polar surface area (TPSA) is 65.1 Å². The Balaban J connectivity index is 1.07. The summed E-state index contributed by atoms with van der Waals surface area (Å²) in [5.74, 6) is 3.53. The molecular weight excluding hydrogens is 526 g/mol. The third-order valence-corrected chi connectivity index (χ3v) is 13.5. The highest BCUT2D eigenvalue weighted by Gasteiger charge is 2.68. The van der Waals surface area contributed by atoms with Crippen molar-refractivity contribution in [3.8, 4) is 0 Å². The van der Waals surface area contributed by atoms with Crippen LogP contribution in [-0.4, -0.2) is 54.5 Å². The van der Waals surface area contributed by atoms with Gasteiger partial charge in [-0.25, -0.2) is 0 Å². The lowest BCUT2D eigenvalue weighted by Crippen LogP contribution is -2.52. The molecule has 5 fully saturated rings. The van der Waals surface area contributed by atoms with Gasteiger partial charge in [0.1, 0.15) is 6.10 Å². The molecule has 1 spiro atoms. The van der Waals surface area contributed by atoms with Crippen LogP contribution in [-0.2, 0) is 23.8 Å². The predicted octanol–water partition coefficient (Wildman–Crippen LogP) is 7.30. The maximum Gasteiger partial charge on any atom is 0.306 e. The Bertz CT molecular complexity index is 1060. The average Bonchev–Trinajstić information content (AvgIpc) is 3.41. The van der Waals surface area contributed by atoms with Gasteiger partial charge in [0.05, 0.1) is 12.7 Å². The SMILES string of the molecule is CCN(CC)C(=O)CCCC(=O)O[C@H]1CC[C@@]2(C)C(=CC[C@H]3[C@@H]4C[C@@H]5O[C@]6(CC[C@@H](C)CO6)[C@@H](C)[C@@H]5[C@@]4(C)CC[C@@H]32)C1. The highest BCUT2D eigenvalue weighted by Crippen LogP contribution is 2.70. The summed E-state index contributed by atoms with van der Waals surface area (Å²) in [6.45, 7) is 16.1. The first-order valence-electron chi connectivity index (χ1n) is 17.5. The molecule has 2 saturated heterocycles. The lowest BCUT2D eigenvalue weighted by Gasteiger charge is -2.58. The van der Waals surface area contributed by atoms with Crippen LogP contribution in [0.5, 0.6) is 0 Å². The number of nitrogens with zero attached hydrogens (tertiary/aromatic N) is 1. The Morgan fingerprint density at radius 1 is 1.02 bits per heavy atom. The van der Waals surface area contributed by atoms with Crippen LogP contribution in [0.3, 0.4) is 0 Å². The molecule has 6 nitrogen and oxygen atoms in total. The average molecular weight is 584 g/mol. The molecule has 0 aromatic rings. The van der Waals surface area contributed by atoms with Crippen LogP contribution in [0, 0.1) is 46.3 Å². The molecule has 1 amide bonds. The van der Waals surface area contributed by atoms with Crippen molar-refractivity contribution < 1.29 is 23.8 Å². The van der Waals surface area contributed by atoms with E-state index in [2.05, 4.69) is 33.8 Å². The number of rotatable bonds is 7. The van der Waals surface area contributed by atoms with Crippen molar-refractivity contribution >= 4 is 11.9 Å². The van der Waals surface area contributed by atoms with E-state index in [1.54, 1.807) is 5.57 Å². The maximum atomic E-state index is 12.7. The minimum absolute atomic E-state index is 0.0183. The van der Waals surface area contributed by atoms with Crippen LogP contribution in [0.1, 0.15) is 119 Å². The number of carbonyl (C=O) groups is 2. The second kappa shape index (κ2) is 11.5. The monoisotopic (exact) mass is 583 g/mol. The summed E-state index contributed by atoms with van der Waals surface area (Å²) >= 11 is 0. The molecule has 2 heterocycles. The molecule has 11 atom stereocenters. The first kappa shape index (κ1) is 30.6. The van der Waals surface area contributed by atoms with E-state index in [0.29, 0.717) is 54.5 Å². The summed E-state index contributed by atoms with van der Waals surface area (Å²) in [7, 11) is 0. The van der Waals surface area contributed by atoms with Gasteiger partial charge >= 0.3 is 5.97 Å². The number of fused-ring (bicyclic) bond motifs is 7. The third-order valence-electron chi connectivity index (χ3n) is 13.5. The van der Waals surface area contributed by atoms with Gasteiger partial charge in [-0.15, -0.1) is 0 Å². The first-order chi connectivity index (χ1) is 20.0. The van der Waals surface area contributed by atoms with Gasteiger partial charge in [-0.1, -0.05) is 39.3 Å². The molecule has 0 radical (unpaired) electrons. The summed E-state index contributed by atoms with van der Waals surface area (Å²) < 4.78 is 19.5. The zero-order valence-electron chi connectivity index (χ0n) is 27.3. The van der Waals surface area contributed by atoms with Crippen LogP contribution in [0.2, 0.25) is 0 Å². The molecular formula is C36H57NO5. The largest absolute Gasteiger partial charge is 0.462 e. The van der Waals surface area contributed by atoms with Crippen molar-refractivity contribution in [2.45, 2.75) is 137 Å². The van der Waals surface area contributed by atoms with Gasteiger partial charge in [-0.2, -0.15) is 0 Å². The number of esters is 1. The van der Waals surface area contributed by atoms with Crippen molar-refractivity contribution in [3.05, 3.63) is 11.6 Å². The molecule has 4 aliphatic carbocycles. The van der Waals surface area contributed by atoms with Crippen molar-refractivity contribution in [3.63, 3.8) is 0 Å². The summed E-state index contributed by atoms with van der Waals surface area (Å²) in [4.78, 5) is 26.8. The molecule has 2 aliphatic heterocycles. The fourth-order valence-corrected chi connectivity index (χ4v) is 11.1. The number of amides is 1. The summed E-state index contributed by atoms with van der Waals surface area (Å²) in [5, 5.41) is 0. The Morgan fingerprint density at radius 2 is 1.81 bits per heavy atom. The van der Waals surface area contributed by atoms with Crippen molar-refractivity contribution in [2.24, 2.45) is 46.3 Å². The van der Waals surface area contributed by atoms with Crippen molar-refractivity contribution in [2.75, 3.05) is 19.7 Å². The van der Waals surface area contributed by atoms with E-state index in [-0.39, 0.29) is 29.2 Å². The second-order valence-corrected chi connectivity index (χ2v) is 15.6.